The Labute approximate surface area is 273 Å². The summed E-state index contributed by atoms with van der Waals surface area (Å²) in [5.74, 6) is -0.0481. The lowest BCUT2D eigenvalue weighted by atomic mass is 10.0. The summed E-state index contributed by atoms with van der Waals surface area (Å²) in [6.45, 7) is 7.89. The van der Waals surface area contributed by atoms with Crippen LogP contribution in [0.2, 0.25) is 0 Å². The van der Waals surface area contributed by atoms with E-state index in [2.05, 4.69) is 5.32 Å². The highest BCUT2D eigenvalue weighted by Gasteiger charge is 2.35. The molecule has 1 N–H and O–H groups in total. The first kappa shape index (κ1) is 34.2. The van der Waals surface area contributed by atoms with E-state index in [0.717, 1.165) is 26.6 Å². The molecular weight excluding hydrogens is 598 g/mol. The van der Waals surface area contributed by atoms with Crippen molar-refractivity contribution in [1.29, 1.82) is 0 Å². The van der Waals surface area contributed by atoms with Crippen LogP contribution in [0.3, 0.4) is 0 Å². The van der Waals surface area contributed by atoms with Crippen molar-refractivity contribution in [2.24, 2.45) is 5.92 Å². The van der Waals surface area contributed by atoms with Crippen LogP contribution in [0.4, 0.5) is 5.69 Å². The Bertz CT molecular complexity index is 1710. The highest BCUT2D eigenvalue weighted by Crippen LogP contribution is 2.27. The zero-order chi connectivity index (χ0) is 33.3. The highest BCUT2D eigenvalue weighted by atomic mass is 32.2. The summed E-state index contributed by atoms with van der Waals surface area (Å²) in [5, 5.41) is 3.02. The van der Waals surface area contributed by atoms with Gasteiger partial charge in [-0.1, -0.05) is 86.1 Å². The van der Waals surface area contributed by atoms with Gasteiger partial charge in [-0.3, -0.25) is 13.9 Å². The molecular formula is C37H43N3O5S. The summed E-state index contributed by atoms with van der Waals surface area (Å²) in [7, 11) is -2.65. The summed E-state index contributed by atoms with van der Waals surface area (Å²) >= 11 is 0. The Hall–Kier alpha value is -4.63. The molecule has 0 aliphatic rings. The minimum atomic E-state index is -4.18. The van der Waals surface area contributed by atoms with E-state index in [1.54, 1.807) is 36.4 Å². The standard InChI is InChI=1S/C37H43N3O5S/c1-27(2)24-38-37(42)35(23-30-12-7-6-8-13-30)39(25-31-14-10-9-11-29(31)4)36(41)26-40(32-17-19-33(45-5)20-18-32)46(43,44)34-21-15-28(3)16-22-34/h6-22,27,35H,23-26H2,1-5H3,(H,38,42)/t35-/m1/s1. The van der Waals surface area contributed by atoms with Gasteiger partial charge in [0.25, 0.3) is 10.0 Å². The second-order valence-corrected chi connectivity index (χ2v) is 13.7. The number of hydrogen-bond donors (Lipinski definition) is 1. The van der Waals surface area contributed by atoms with Crippen molar-refractivity contribution >= 4 is 27.5 Å². The molecule has 0 unspecified atom stereocenters. The van der Waals surface area contributed by atoms with Gasteiger partial charge < -0.3 is 15.0 Å². The van der Waals surface area contributed by atoms with E-state index in [4.69, 9.17) is 4.74 Å². The SMILES string of the molecule is COc1ccc(N(CC(=O)N(Cc2ccccc2C)[C@H](Cc2ccccc2)C(=O)NCC(C)C)S(=O)(=O)c2ccc(C)cc2)cc1. The van der Waals surface area contributed by atoms with Crippen LogP contribution in [0.5, 0.6) is 5.75 Å². The predicted molar refractivity (Wildman–Crippen MR) is 182 cm³/mol. The molecule has 46 heavy (non-hydrogen) atoms. The van der Waals surface area contributed by atoms with Crippen LogP contribution in [0.25, 0.3) is 0 Å². The van der Waals surface area contributed by atoms with Crippen molar-refractivity contribution in [3.8, 4) is 5.75 Å². The maximum Gasteiger partial charge on any atom is 0.264 e. The molecule has 0 saturated heterocycles. The first-order valence-corrected chi connectivity index (χ1v) is 16.8. The molecule has 242 valence electrons. The average Bonchev–Trinajstić information content (AvgIpc) is 3.05. The molecule has 9 heteroatoms. The minimum Gasteiger partial charge on any atom is -0.497 e. The molecule has 0 aliphatic heterocycles. The number of rotatable bonds is 14. The van der Waals surface area contributed by atoms with Crippen molar-refractivity contribution < 1.29 is 22.7 Å². The fourth-order valence-electron chi connectivity index (χ4n) is 5.06. The summed E-state index contributed by atoms with van der Waals surface area (Å²) in [5.41, 5.74) is 3.92. The third kappa shape index (κ3) is 8.75. The van der Waals surface area contributed by atoms with Crippen LogP contribution in [0.15, 0.2) is 108 Å². The van der Waals surface area contributed by atoms with Crippen molar-refractivity contribution in [2.45, 2.75) is 51.6 Å². The van der Waals surface area contributed by atoms with E-state index in [-0.39, 0.29) is 29.7 Å². The van der Waals surface area contributed by atoms with Crippen LogP contribution in [-0.4, -0.2) is 51.4 Å². The summed E-state index contributed by atoms with van der Waals surface area (Å²) in [4.78, 5) is 30.1. The zero-order valence-corrected chi connectivity index (χ0v) is 28.0. The van der Waals surface area contributed by atoms with E-state index in [9.17, 15) is 18.0 Å². The Balaban J connectivity index is 1.81. The third-order valence-electron chi connectivity index (χ3n) is 7.81. The fourth-order valence-corrected chi connectivity index (χ4v) is 6.48. The van der Waals surface area contributed by atoms with Gasteiger partial charge in [0, 0.05) is 19.5 Å². The van der Waals surface area contributed by atoms with E-state index in [1.807, 2.05) is 82.3 Å². The number of ether oxygens (including phenoxy) is 1. The molecule has 8 nitrogen and oxygen atoms in total. The number of amides is 2. The molecule has 0 aliphatic carbocycles. The van der Waals surface area contributed by atoms with Crippen molar-refractivity contribution in [2.75, 3.05) is 24.5 Å². The van der Waals surface area contributed by atoms with Crippen LogP contribution >= 0.6 is 0 Å². The molecule has 0 saturated carbocycles. The maximum absolute atomic E-state index is 14.6. The van der Waals surface area contributed by atoms with Crippen LogP contribution in [0, 0.1) is 19.8 Å². The zero-order valence-electron chi connectivity index (χ0n) is 27.1. The number of carbonyl (C=O) groups is 2. The van der Waals surface area contributed by atoms with Gasteiger partial charge in [0.2, 0.25) is 11.8 Å². The molecule has 0 heterocycles. The van der Waals surface area contributed by atoms with Gasteiger partial charge in [-0.25, -0.2) is 8.42 Å². The molecule has 0 fully saturated rings. The first-order valence-electron chi connectivity index (χ1n) is 15.4. The molecule has 4 aromatic carbocycles. The topological polar surface area (TPSA) is 96.0 Å². The molecule has 0 radical (unpaired) electrons. The number of nitrogens with one attached hydrogen (secondary N) is 1. The molecule has 4 rings (SSSR count). The minimum absolute atomic E-state index is 0.0580. The van der Waals surface area contributed by atoms with Crippen molar-refractivity contribution in [3.63, 3.8) is 0 Å². The van der Waals surface area contributed by atoms with Gasteiger partial charge in [0.05, 0.1) is 17.7 Å². The lowest BCUT2D eigenvalue weighted by molar-refractivity contribution is -0.140. The van der Waals surface area contributed by atoms with Gasteiger partial charge >= 0.3 is 0 Å². The number of methoxy groups -OCH3 is 1. The second-order valence-electron chi connectivity index (χ2n) is 11.8. The van der Waals surface area contributed by atoms with Crippen LogP contribution in [0.1, 0.15) is 36.1 Å². The van der Waals surface area contributed by atoms with Gasteiger partial charge in [0.15, 0.2) is 0 Å². The Morgan fingerprint density at radius 1 is 0.826 bits per heavy atom. The van der Waals surface area contributed by atoms with Crippen LogP contribution < -0.4 is 14.4 Å². The average molecular weight is 642 g/mol. The Kier molecular flexibility index (Phi) is 11.6. The number of sulfonamides is 1. The van der Waals surface area contributed by atoms with Crippen molar-refractivity contribution in [3.05, 3.63) is 125 Å². The Morgan fingerprint density at radius 3 is 2.07 bits per heavy atom. The van der Waals surface area contributed by atoms with Gasteiger partial charge in [0.1, 0.15) is 18.3 Å². The predicted octanol–water partition coefficient (Wildman–Crippen LogP) is 5.92. The lowest BCUT2D eigenvalue weighted by Gasteiger charge is -2.34. The molecule has 0 bridgehead atoms. The highest BCUT2D eigenvalue weighted by molar-refractivity contribution is 7.92. The largest absolute Gasteiger partial charge is 0.497 e. The number of aryl methyl sites for hydroxylation is 2. The number of benzene rings is 4. The van der Waals surface area contributed by atoms with E-state index in [0.29, 0.717) is 18.0 Å². The van der Waals surface area contributed by atoms with Crippen molar-refractivity contribution in [1.82, 2.24) is 10.2 Å². The van der Waals surface area contributed by atoms with E-state index in [1.165, 1.54) is 24.1 Å². The van der Waals surface area contributed by atoms with Gasteiger partial charge in [-0.15, -0.1) is 0 Å². The van der Waals surface area contributed by atoms with E-state index < -0.39 is 28.5 Å². The lowest BCUT2D eigenvalue weighted by Crippen LogP contribution is -2.53. The summed E-state index contributed by atoms with van der Waals surface area (Å²) in [6.07, 6.45) is 0.260. The molecule has 0 aromatic heterocycles. The Morgan fingerprint density at radius 2 is 1.46 bits per heavy atom. The van der Waals surface area contributed by atoms with E-state index >= 15 is 0 Å². The molecule has 2 amide bonds. The quantitative estimate of drug-likeness (QED) is 0.185. The van der Waals surface area contributed by atoms with Gasteiger partial charge in [-0.05, 0) is 72.9 Å². The molecule has 4 aromatic rings. The van der Waals surface area contributed by atoms with Gasteiger partial charge in [-0.2, -0.15) is 0 Å². The second kappa shape index (κ2) is 15.6. The number of anilines is 1. The summed E-state index contributed by atoms with van der Waals surface area (Å²) in [6, 6.07) is 29.4. The maximum atomic E-state index is 14.6. The third-order valence-corrected chi connectivity index (χ3v) is 9.59. The van der Waals surface area contributed by atoms with Crippen LogP contribution in [-0.2, 0) is 32.6 Å². The fraction of sp³-hybridized carbons (Fsp3) is 0.297. The summed E-state index contributed by atoms with van der Waals surface area (Å²) < 4.78 is 34.8. The smallest absolute Gasteiger partial charge is 0.264 e. The molecule has 0 spiro atoms. The molecule has 1 atom stereocenters. The number of nitrogens with zero attached hydrogens (tertiary/aromatic N) is 2. The normalized spacial score (nSPS) is 12.0. The number of carbonyl (C=O) groups excluding carboxylic acids is 2. The first-order chi connectivity index (χ1) is 22.0. The number of hydrogen-bond acceptors (Lipinski definition) is 5. The monoisotopic (exact) mass is 641 g/mol.